The van der Waals surface area contributed by atoms with Crippen molar-refractivity contribution in [2.75, 3.05) is 7.11 Å². The molecule has 0 aliphatic carbocycles. The number of esters is 1. The molecule has 0 saturated heterocycles. The summed E-state index contributed by atoms with van der Waals surface area (Å²) in [5, 5.41) is 0. The summed E-state index contributed by atoms with van der Waals surface area (Å²) in [5.74, 6) is 0.344. The van der Waals surface area contributed by atoms with Gasteiger partial charge in [0.15, 0.2) is 0 Å². The van der Waals surface area contributed by atoms with Gasteiger partial charge < -0.3 is 4.74 Å². The van der Waals surface area contributed by atoms with Gasteiger partial charge in [0.25, 0.3) is 0 Å². The van der Waals surface area contributed by atoms with Crippen molar-refractivity contribution < 1.29 is 9.53 Å². The minimum Gasteiger partial charge on any atom is -0.466 e. The summed E-state index contributed by atoms with van der Waals surface area (Å²) in [4.78, 5) is 11.3. The Hall–Kier alpha value is -0.790. The lowest BCUT2D eigenvalue weighted by Gasteiger charge is -2.12. The Labute approximate surface area is 100 Å². The van der Waals surface area contributed by atoms with Gasteiger partial charge in [-0.05, 0) is 25.7 Å². The first-order valence-corrected chi connectivity index (χ1v) is 6.42. The van der Waals surface area contributed by atoms with Crippen LogP contribution >= 0.6 is 0 Å². The van der Waals surface area contributed by atoms with Gasteiger partial charge >= 0.3 is 5.97 Å². The predicted octanol–water partition coefficient (Wildman–Crippen LogP) is 4.10. The summed E-state index contributed by atoms with van der Waals surface area (Å²) in [5.41, 5.74) is 0.750. The summed E-state index contributed by atoms with van der Waals surface area (Å²) >= 11 is 0. The van der Waals surface area contributed by atoms with E-state index in [-0.39, 0.29) is 5.97 Å². The van der Waals surface area contributed by atoms with E-state index in [0.717, 1.165) is 5.57 Å². The highest BCUT2D eigenvalue weighted by molar-refractivity contribution is 5.87. The lowest BCUT2D eigenvalue weighted by molar-refractivity contribution is -0.136. The Morgan fingerprint density at radius 3 is 2.06 bits per heavy atom. The maximum Gasteiger partial charge on any atom is 0.333 e. The van der Waals surface area contributed by atoms with Gasteiger partial charge in [0, 0.05) is 5.57 Å². The molecular weight excluding hydrogens is 200 g/mol. The largest absolute Gasteiger partial charge is 0.466 e. The molecule has 2 nitrogen and oxygen atoms in total. The van der Waals surface area contributed by atoms with Crippen molar-refractivity contribution in [3.63, 3.8) is 0 Å². The van der Waals surface area contributed by atoms with Gasteiger partial charge in [0.2, 0.25) is 0 Å². The molecule has 0 aromatic heterocycles. The van der Waals surface area contributed by atoms with Gasteiger partial charge in [-0.1, -0.05) is 45.6 Å². The Balaban J connectivity index is 4.31. The molecule has 0 aromatic rings. The van der Waals surface area contributed by atoms with Crippen LogP contribution in [0.1, 0.15) is 59.3 Å². The predicted molar refractivity (Wildman–Crippen MR) is 68.3 cm³/mol. The van der Waals surface area contributed by atoms with Crippen molar-refractivity contribution in [2.45, 2.75) is 59.3 Å². The number of allylic oxidation sites excluding steroid dienone is 1. The number of carbonyl (C=O) groups is 1. The molecule has 0 aliphatic rings. The zero-order valence-corrected chi connectivity index (χ0v) is 11.2. The fourth-order valence-electron chi connectivity index (χ4n) is 1.83. The van der Waals surface area contributed by atoms with Gasteiger partial charge in [-0.2, -0.15) is 0 Å². The van der Waals surface area contributed by atoms with Crippen LogP contribution in [0.2, 0.25) is 0 Å². The molecule has 0 bridgehead atoms. The summed E-state index contributed by atoms with van der Waals surface area (Å²) < 4.78 is 4.71. The Morgan fingerprint density at radius 1 is 1.19 bits per heavy atom. The van der Waals surface area contributed by atoms with Gasteiger partial charge in [0.05, 0.1) is 7.11 Å². The lowest BCUT2D eigenvalue weighted by Crippen LogP contribution is -2.05. The van der Waals surface area contributed by atoms with Crippen molar-refractivity contribution in [1.29, 1.82) is 0 Å². The van der Waals surface area contributed by atoms with Gasteiger partial charge in [-0.15, -0.1) is 0 Å². The van der Waals surface area contributed by atoms with Crippen molar-refractivity contribution in [3.05, 3.63) is 11.6 Å². The molecule has 0 spiro atoms. The minimum absolute atomic E-state index is 0.196. The van der Waals surface area contributed by atoms with Crippen molar-refractivity contribution in [2.24, 2.45) is 5.92 Å². The van der Waals surface area contributed by atoms with Gasteiger partial charge in [-0.25, -0.2) is 4.79 Å². The van der Waals surface area contributed by atoms with E-state index in [9.17, 15) is 4.79 Å². The third-order valence-corrected chi connectivity index (χ3v) is 2.85. The van der Waals surface area contributed by atoms with E-state index < -0.39 is 0 Å². The van der Waals surface area contributed by atoms with Crippen LogP contribution < -0.4 is 0 Å². The van der Waals surface area contributed by atoms with Crippen LogP contribution in [0.15, 0.2) is 11.6 Å². The fourth-order valence-corrected chi connectivity index (χ4v) is 1.83. The lowest BCUT2D eigenvalue weighted by atomic mass is 9.94. The smallest absolute Gasteiger partial charge is 0.333 e. The van der Waals surface area contributed by atoms with E-state index in [1.807, 2.05) is 6.92 Å². The topological polar surface area (TPSA) is 26.3 Å². The molecule has 0 fully saturated rings. The van der Waals surface area contributed by atoms with Crippen LogP contribution in [0, 0.1) is 5.92 Å². The number of hydrogen-bond acceptors (Lipinski definition) is 2. The molecule has 2 heteroatoms. The number of hydrogen-bond donors (Lipinski definition) is 0. The monoisotopic (exact) mass is 226 g/mol. The standard InChI is InChI=1S/C14H26O2/c1-5-7-9-13(10-8-6-2)11-12(3)14(15)16-4/h11,13H,5-10H2,1-4H3/b12-11+. The zero-order chi connectivity index (χ0) is 12.4. The van der Waals surface area contributed by atoms with E-state index in [1.165, 1.54) is 45.6 Å². The first-order valence-electron chi connectivity index (χ1n) is 6.42. The van der Waals surface area contributed by atoms with Crippen molar-refractivity contribution >= 4 is 5.97 Å². The molecule has 0 radical (unpaired) electrons. The van der Waals surface area contributed by atoms with Gasteiger partial charge in [0.1, 0.15) is 0 Å². The Bertz CT molecular complexity index is 211. The van der Waals surface area contributed by atoms with E-state index >= 15 is 0 Å². The summed E-state index contributed by atoms with van der Waals surface area (Å²) in [7, 11) is 1.44. The maximum atomic E-state index is 11.3. The molecule has 0 N–H and O–H groups in total. The number of unbranched alkanes of at least 4 members (excludes halogenated alkanes) is 2. The molecular formula is C14H26O2. The number of carbonyl (C=O) groups excluding carboxylic acids is 1. The minimum atomic E-state index is -0.196. The van der Waals surface area contributed by atoms with Crippen LogP contribution in [0.4, 0.5) is 0 Å². The van der Waals surface area contributed by atoms with E-state index in [4.69, 9.17) is 4.74 Å². The van der Waals surface area contributed by atoms with Gasteiger partial charge in [-0.3, -0.25) is 0 Å². The molecule has 0 atom stereocenters. The molecule has 0 amide bonds. The Kier molecular flexibility index (Phi) is 8.97. The second-order valence-electron chi connectivity index (χ2n) is 4.39. The van der Waals surface area contributed by atoms with E-state index in [1.54, 1.807) is 0 Å². The second kappa shape index (κ2) is 9.44. The number of ether oxygens (including phenoxy) is 1. The molecule has 16 heavy (non-hydrogen) atoms. The normalized spacial score (nSPS) is 11.9. The average molecular weight is 226 g/mol. The quantitative estimate of drug-likeness (QED) is 0.460. The summed E-state index contributed by atoms with van der Waals surface area (Å²) in [6.45, 7) is 6.25. The SMILES string of the molecule is CCCCC(/C=C(\C)C(=O)OC)CCCC. The molecule has 0 saturated carbocycles. The highest BCUT2D eigenvalue weighted by Gasteiger charge is 2.09. The first-order chi connectivity index (χ1) is 7.65. The molecule has 0 heterocycles. The molecule has 0 rings (SSSR count). The van der Waals surface area contributed by atoms with Crippen molar-refractivity contribution in [1.82, 2.24) is 0 Å². The highest BCUT2D eigenvalue weighted by Crippen LogP contribution is 2.19. The molecule has 0 unspecified atom stereocenters. The zero-order valence-electron chi connectivity index (χ0n) is 11.2. The van der Waals surface area contributed by atoms with Crippen molar-refractivity contribution in [3.8, 4) is 0 Å². The van der Waals surface area contributed by atoms with Crippen LogP contribution in [-0.4, -0.2) is 13.1 Å². The first kappa shape index (κ1) is 15.2. The van der Waals surface area contributed by atoms with Crippen LogP contribution in [0.25, 0.3) is 0 Å². The average Bonchev–Trinajstić information content (AvgIpc) is 2.31. The summed E-state index contributed by atoms with van der Waals surface area (Å²) in [6, 6.07) is 0. The fraction of sp³-hybridized carbons (Fsp3) is 0.786. The number of rotatable bonds is 8. The van der Waals surface area contributed by atoms with E-state index in [2.05, 4.69) is 19.9 Å². The summed E-state index contributed by atoms with van der Waals surface area (Å²) in [6.07, 6.45) is 9.37. The molecule has 94 valence electrons. The number of methoxy groups -OCH3 is 1. The molecule has 0 aliphatic heterocycles. The Morgan fingerprint density at radius 2 is 1.69 bits per heavy atom. The maximum absolute atomic E-state index is 11.3. The van der Waals surface area contributed by atoms with Crippen LogP contribution in [0.5, 0.6) is 0 Å². The third-order valence-electron chi connectivity index (χ3n) is 2.85. The molecule has 0 aromatic carbocycles. The third kappa shape index (κ3) is 6.65. The highest BCUT2D eigenvalue weighted by atomic mass is 16.5. The second-order valence-corrected chi connectivity index (χ2v) is 4.39. The van der Waals surface area contributed by atoms with E-state index in [0.29, 0.717) is 5.92 Å². The van der Waals surface area contributed by atoms with Crippen LogP contribution in [-0.2, 0) is 9.53 Å². The van der Waals surface area contributed by atoms with Crippen LogP contribution in [0.3, 0.4) is 0 Å².